The van der Waals surface area contributed by atoms with Gasteiger partial charge in [-0.2, -0.15) is 0 Å². The average molecular weight is 526 g/mol. The standard InChI is InChI=1S/C30H55NO6/c1-5-6-7-8-9-10-11-12-13-14-15-16-17-21-31(22-18-25(2)28(32)33,23-19-26(3)29(34)35)24-20-27(4)30(36)37/h10-11,25-27H,5-9,12-24H2,1-4H3,(H2-,32,33,34,35,36,37)/b11-10+. The summed E-state index contributed by atoms with van der Waals surface area (Å²) in [5, 5.41) is 30.1. The Morgan fingerprint density at radius 3 is 1.49 bits per heavy atom. The Hall–Kier alpha value is -1.89. The Balaban J connectivity index is 4.89. The molecular weight excluding hydrogens is 470 g/mol. The Labute approximate surface area is 225 Å². The van der Waals surface area contributed by atoms with Crippen molar-refractivity contribution < 1.29 is 34.2 Å². The average Bonchev–Trinajstić information content (AvgIpc) is 2.86. The number of allylic oxidation sites excluding steroid dienone is 2. The first-order valence-corrected chi connectivity index (χ1v) is 14.7. The minimum Gasteiger partial charge on any atom is -0.550 e. The van der Waals surface area contributed by atoms with Crippen LogP contribution in [-0.4, -0.2) is 58.8 Å². The van der Waals surface area contributed by atoms with Crippen LogP contribution in [0.3, 0.4) is 0 Å². The number of unbranched alkanes of at least 4 members (excludes halogenated alkanes) is 9. The zero-order chi connectivity index (χ0) is 28.1. The molecule has 216 valence electrons. The molecule has 0 bridgehead atoms. The first kappa shape index (κ1) is 35.1. The van der Waals surface area contributed by atoms with Gasteiger partial charge >= 0.3 is 11.9 Å². The Kier molecular flexibility index (Phi) is 20.0. The van der Waals surface area contributed by atoms with Gasteiger partial charge in [0.2, 0.25) is 0 Å². The van der Waals surface area contributed by atoms with E-state index in [-0.39, 0.29) is 0 Å². The highest BCUT2D eigenvalue weighted by molar-refractivity contribution is 5.69. The molecule has 0 saturated carbocycles. The smallest absolute Gasteiger partial charge is 0.306 e. The van der Waals surface area contributed by atoms with Gasteiger partial charge in [0.1, 0.15) is 0 Å². The Bertz CT molecular complexity index is 603. The Morgan fingerprint density at radius 2 is 1.05 bits per heavy atom. The first-order chi connectivity index (χ1) is 17.5. The highest BCUT2D eigenvalue weighted by Crippen LogP contribution is 2.21. The van der Waals surface area contributed by atoms with E-state index < -0.39 is 35.7 Å². The number of nitrogens with zero attached hydrogens (tertiary/aromatic N) is 1. The van der Waals surface area contributed by atoms with Crippen molar-refractivity contribution in [3.05, 3.63) is 12.2 Å². The fourth-order valence-corrected chi connectivity index (χ4v) is 4.60. The van der Waals surface area contributed by atoms with Crippen molar-refractivity contribution >= 4 is 17.9 Å². The second-order valence-electron chi connectivity index (χ2n) is 11.2. The van der Waals surface area contributed by atoms with Gasteiger partial charge in [0.15, 0.2) is 0 Å². The largest absolute Gasteiger partial charge is 0.550 e. The zero-order valence-corrected chi connectivity index (χ0v) is 24.1. The van der Waals surface area contributed by atoms with Crippen LogP contribution in [0.5, 0.6) is 0 Å². The zero-order valence-electron chi connectivity index (χ0n) is 24.1. The first-order valence-electron chi connectivity index (χ1n) is 14.7. The predicted molar refractivity (Wildman–Crippen MR) is 147 cm³/mol. The van der Waals surface area contributed by atoms with E-state index in [1.807, 2.05) is 0 Å². The summed E-state index contributed by atoms with van der Waals surface area (Å²) in [6, 6.07) is 0. The van der Waals surface area contributed by atoms with E-state index in [4.69, 9.17) is 0 Å². The van der Waals surface area contributed by atoms with Crippen LogP contribution in [0, 0.1) is 17.8 Å². The quantitative estimate of drug-likeness (QED) is 0.0902. The van der Waals surface area contributed by atoms with E-state index >= 15 is 0 Å². The lowest BCUT2D eigenvalue weighted by molar-refractivity contribution is -0.929. The molecule has 0 amide bonds. The second kappa shape index (κ2) is 21.1. The van der Waals surface area contributed by atoms with Crippen LogP contribution in [0.4, 0.5) is 0 Å². The maximum absolute atomic E-state index is 11.4. The van der Waals surface area contributed by atoms with Gasteiger partial charge < -0.3 is 24.6 Å². The van der Waals surface area contributed by atoms with Crippen LogP contribution >= 0.6 is 0 Å². The summed E-state index contributed by atoms with van der Waals surface area (Å²) < 4.78 is 0.577. The van der Waals surface area contributed by atoms with Crippen molar-refractivity contribution in [3.8, 4) is 0 Å². The molecule has 0 aromatic heterocycles. The minimum absolute atomic E-state index is 0.440. The topological polar surface area (TPSA) is 115 Å². The second-order valence-corrected chi connectivity index (χ2v) is 11.2. The van der Waals surface area contributed by atoms with Gasteiger partial charge in [-0.3, -0.25) is 9.59 Å². The van der Waals surface area contributed by atoms with Gasteiger partial charge in [0.05, 0.1) is 38.0 Å². The number of carbonyl (C=O) groups excluding carboxylic acids is 1. The van der Waals surface area contributed by atoms with Crippen LogP contribution in [-0.2, 0) is 14.4 Å². The summed E-state index contributed by atoms with van der Waals surface area (Å²) in [7, 11) is 0. The molecule has 3 unspecified atom stereocenters. The third-order valence-corrected chi connectivity index (χ3v) is 7.75. The summed E-state index contributed by atoms with van der Waals surface area (Å²) in [5.41, 5.74) is 0. The minimum atomic E-state index is -1.08. The van der Waals surface area contributed by atoms with Crippen molar-refractivity contribution in [2.45, 2.75) is 118 Å². The fraction of sp³-hybridized carbons (Fsp3) is 0.833. The summed E-state index contributed by atoms with van der Waals surface area (Å²) in [5.74, 6) is -4.33. The van der Waals surface area contributed by atoms with E-state index in [9.17, 15) is 29.7 Å². The SMILES string of the molecule is CCCCCC/C=C/CCCCCCC[N+](CCC(C)C(=O)[O-])(CCC(C)C(=O)O)CCC(C)C(=O)O. The lowest BCUT2D eigenvalue weighted by Crippen LogP contribution is -2.52. The fourth-order valence-electron chi connectivity index (χ4n) is 4.60. The molecule has 0 aromatic carbocycles. The molecule has 0 heterocycles. The molecule has 0 aliphatic rings. The van der Waals surface area contributed by atoms with E-state index in [1.165, 1.54) is 44.9 Å². The number of aliphatic carboxylic acids is 3. The normalized spacial score (nSPS) is 15.8. The monoisotopic (exact) mass is 525 g/mol. The van der Waals surface area contributed by atoms with Crippen molar-refractivity contribution in [1.29, 1.82) is 0 Å². The molecule has 0 spiro atoms. The van der Waals surface area contributed by atoms with Crippen molar-refractivity contribution in [2.75, 3.05) is 26.2 Å². The Morgan fingerprint density at radius 1 is 0.649 bits per heavy atom. The van der Waals surface area contributed by atoms with E-state index in [1.54, 1.807) is 20.8 Å². The number of carbonyl (C=O) groups is 3. The van der Waals surface area contributed by atoms with Gasteiger partial charge in [-0.25, -0.2) is 0 Å². The van der Waals surface area contributed by atoms with Crippen LogP contribution in [0.15, 0.2) is 12.2 Å². The highest BCUT2D eigenvalue weighted by atomic mass is 16.4. The van der Waals surface area contributed by atoms with Gasteiger partial charge in [-0.15, -0.1) is 0 Å². The van der Waals surface area contributed by atoms with Gasteiger partial charge in [-0.05, 0) is 38.5 Å². The molecule has 3 atom stereocenters. The molecule has 0 radical (unpaired) electrons. The molecule has 0 aliphatic heterocycles. The molecule has 0 rings (SSSR count). The molecule has 0 aromatic rings. The maximum atomic E-state index is 11.4. The summed E-state index contributed by atoms with van der Waals surface area (Å²) in [6.45, 7) is 9.90. The highest BCUT2D eigenvalue weighted by Gasteiger charge is 2.30. The van der Waals surface area contributed by atoms with Gasteiger partial charge in [0, 0.05) is 31.1 Å². The van der Waals surface area contributed by atoms with E-state index in [2.05, 4.69) is 19.1 Å². The predicted octanol–water partition coefficient (Wildman–Crippen LogP) is 5.67. The molecule has 7 heteroatoms. The third kappa shape index (κ3) is 18.1. The van der Waals surface area contributed by atoms with Crippen molar-refractivity contribution in [1.82, 2.24) is 0 Å². The number of carboxylic acids is 3. The van der Waals surface area contributed by atoms with Crippen LogP contribution < -0.4 is 5.11 Å². The van der Waals surface area contributed by atoms with Crippen LogP contribution in [0.25, 0.3) is 0 Å². The molecular formula is C30H55NO6. The van der Waals surface area contributed by atoms with Gasteiger partial charge in [0.25, 0.3) is 0 Å². The lowest BCUT2D eigenvalue weighted by atomic mass is 10.0. The molecule has 0 fully saturated rings. The lowest BCUT2D eigenvalue weighted by Gasteiger charge is -2.41. The number of rotatable bonds is 25. The molecule has 37 heavy (non-hydrogen) atoms. The van der Waals surface area contributed by atoms with Crippen LogP contribution in [0.1, 0.15) is 118 Å². The summed E-state index contributed by atoms with van der Waals surface area (Å²) >= 11 is 0. The molecule has 0 saturated heterocycles. The maximum Gasteiger partial charge on any atom is 0.306 e. The third-order valence-electron chi connectivity index (χ3n) is 7.75. The van der Waals surface area contributed by atoms with E-state index in [0.717, 1.165) is 32.2 Å². The summed E-state index contributed by atoms with van der Waals surface area (Å²) in [4.78, 5) is 34.2. The number of quaternary nitrogens is 1. The van der Waals surface area contributed by atoms with Gasteiger partial charge in [-0.1, -0.05) is 72.0 Å². The van der Waals surface area contributed by atoms with Crippen molar-refractivity contribution in [3.63, 3.8) is 0 Å². The number of hydrogen-bond acceptors (Lipinski definition) is 4. The summed E-state index contributed by atoms with van der Waals surface area (Å²) in [6.07, 6.45) is 19.0. The van der Waals surface area contributed by atoms with Crippen LogP contribution in [0.2, 0.25) is 0 Å². The number of carboxylic acid groups (broad SMARTS) is 3. The molecule has 7 nitrogen and oxygen atoms in total. The number of hydrogen-bond donors (Lipinski definition) is 2. The molecule has 2 N–H and O–H groups in total. The van der Waals surface area contributed by atoms with Crippen molar-refractivity contribution in [2.24, 2.45) is 17.8 Å². The van der Waals surface area contributed by atoms with E-state index in [0.29, 0.717) is 43.4 Å². The molecule has 0 aliphatic carbocycles.